The van der Waals surface area contributed by atoms with Gasteiger partial charge in [-0.05, 0) is 36.9 Å². The van der Waals surface area contributed by atoms with Crippen molar-refractivity contribution in [1.29, 1.82) is 0 Å². The molecular weight excluding hydrogens is 337 g/mol. The molecule has 0 atom stereocenters. The van der Waals surface area contributed by atoms with Crippen LogP contribution in [0.4, 0.5) is 13.2 Å². The standard InChI is InChI=1S/C16H15F3N4O2/c1-21(10-12-5-7-13(8-6-12)25-16(17,18)19)11-23-15(24)22-9-3-2-4-14(22)20-23/h2-9H,10-11H2,1H3. The number of benzene rings is 1. The summed E-state index contributed by atoms with van der Waals surface area (Å²) in [6, 6.07) is 10.9. The Morgan fingerprint density at radius 2 is 1.88 bits per heavy atom. The van der Waals surface area contributed by atoms with Crippen molar-refractivity contribution in [1.82, 2.24) is 19.1 Å². The third kappa shape index (κ3) is 4.18. The molecule has 2 aromatic heterocycles. The van der Waals surface area contributed by atoms with Gasteiger partial charge < -0.3 is 4.74 Å². The van der Waals surface area contributed by atoms with Crippen LogP contribution < -0.4 is 10.4 Å². The van der Waals surface area contributed by atoms with Gasteiger partial charge in [0.05, 0.1) is 6.67 Å². The first kappa shape index (κ1) is 17.0. The molecule has 0 spiro atoms. The average Bonchev–Trinajstić information content (AvgIpc) is 2.84. The zero-order valence-electron chi connectivity index (χ0n) is 13.3. The lowest BCUT2D eigenvalue weighted by Gasteiger charge is -2.16. The van der Waals surface area contributed by atoms with E-state index in [1.807, 2.05) is 4.90 Å². The van der Waals surface area contributed by atoms with Gasteiger partial charge in [0.1, 0.15) is 5.75 Å². The molecule has 0 saturated heterocycles. The van der Waals surface area contributed by atoms with Crippen molar-refractivity contribution in [3.63, 3.8) is 0 Å². The molecule has 0 fully saturated rings. The number of alkyl halides is 3. The van der Waals surface area contributed by atoms with Gasteiger partial charge in [-0.25, -0.2) is 4.79 Å². The van der Waals surface area contributed by atoms with Crippen LogP contribution in [-0.2, 0) is 13.2 Å². The van der Waals surface area contributed by atoms with Crippen LogP contribution in [0.2, 0.25) is 0 Å². The number of hydrogen-bond donors (Lipinski definition) is 0. The van der Waals surface area contributed by atoms with Crippen LogP contribution in [0.3, 0.4) is 0 Å². The van der Waals surface area contributed by atoms with Crippen LogP contribution >= 0.6 is 0 Å². The largest absolute Gasteiger partial charge is 0.573 e. The molecule has 0 aliphatic heterocycles. The molecule has 6 nitrogen and oxygen atoms in total. The Balaban J connectivity index is 1.66. The number of halogens is 3. The van der Waals surface area contributed by atoms with Crippen molar-refractivity contribution < 1.29 is 17.9 Å². The number of ether oxygens (including phenoxy) is 1. The number of hydrogen-bond acceptors (Lipinski definition) is 4. The number of aromatic nitrogens is 3. The molecule has 0 unspecified atom stereocenters. The van der Waals surface area contributed by atoms with Crippen LogP contribution in [0.5, 0.6) is 5.75 Å². The van der Waals surface area contributed by atoms with Gasteiger partial charge in [0.15, 0.2) is 5.65 Å². The lowest BCUT2D eigenvalue weighted by atomic mass is 10.2. The summed E-state index contributed by atoms with van der Waals surface area (Å²) in [6.45, 7) is 0.688. The molecule has 0 amide bonds. The Hall–Kier alpha value is -2.81. The molecule has 0 saturated carbocycles. The first-order valence-corrected chi connectivity index (χ1v) is 7.39. The maximum absolute atomic E-state index is 12.2. The Morgan fingerprint density at radius 3 is 2.52 bits per heavy atom. The van der Waals surface area contributed by atoms with E-state index >= 15 is 0 Å². The predicted octanol–water partition coefficient (Wildman–Crippen LogP) is 2.48. The van der Waals surface area contributed by atoms with Crippen LogP contribution in [0.1, 0.15) is 5.56 Å². The summed E-state index contributed by atoms with van der Waals surface area (Å²) in [5, 5.41) is 4.23. The van der Waals surface area contributed by atoms with Gasteiger partial charge in [-0.3, -0.25) is 9.30 Å². The summed E-state index contributed by atoms with van der Waals surface area (Å²) in [6.07, 6.45) is -3.07. The average molecular weight is 352 g/mol. The van der Waals surface area contributed by atoms with E-state index < -0.39 is 6.36 Å². The van der Waals surface area contributed by atoms with E-state index in [0.29, 0.717) is 12.2 Å². The maximum atomic E-state index is 12.2. The van der Waals surface area contributed by atoms with Crippen molar-refractivity contribution in [2.45, 2.75) is 19.6 Å². The number of fused-ring (bicyclic) bond motifs is 1. The minimum Gasteiger partial charge on any atom is -0.406 e. The molecule has 0 aliphatic rings. The Labute approximate surface area is 140 Å². The highest BCUT2D eigenvalue weighted by molar-refractivity contribution is 5.35. The van der Waals surface area contributed by atoms with Crippen molar-refractivity contribution in [2.75, 3.05) is 7.05 Å². The van der Waals surface area contributed by atoms with Crippen molar-refractivity contribution in [3.8, 4) is 5.75 Å². The summed E-state index contributed by atoms with van der Waals surface area (Å²) >= 11 is 0. The second kappa shape index (κ2) is 6.60. The van der Waals surface area contributed by atoms with Gasteiger partial charge in [-0.2, -0.15) is 4.68 Å². The van der Waals surface area contributed by atoms with Crippen molar-refractivity contribution >= 4 is 5.65 Å². The fraction of sp³-hybridized carbons (Fsp3) is 0.250. The fourth-order valence-corrected chi connectivity index (χ4v) is 2.45. The van der Waals surface area contributed by atoms with E-state index in [4.69, 9.17) is 0 Å². The molecule has 132 valence electrons. The van der Waals surface area contributed by atoms with E-state index in [-0.39, 0.29) is 18.1 Å². The smallest absolute Gasteiger partial charge is 0.406 e. The van der Waals surface area contributed by atoms with E-state index in [9.17, 15) is 18.0 Å². The Kier molecular flexibility index (Phi) is 4.49. The van der Waals surface area contributed by atoms with Gasteiger partial charge in [-0.1, -0.05) is 18.2 Å². The molecule has 25 heavy (non-hydrogen) atoms. The normalized spacial score (nSPS) is 12.0. The molecule has 1 aromatic carbocycles. The summed E-state index contributed by atoms with van der Waals surface area (Å²) in [4.78, 5) is 14.0. The zero-order chi connectivity index (χ0) is 18.0. The highest BCUT2D eigenvalue weighted by Crippen LogP contribution is 2.22. The minimum absolute atomic E-state index is 0.251. The minimum atomic E-state index is -4.71. The Morgan fingerprint density at radius 1 is 1.16 bits per heavy atom. The van der Waals surface area contributed by atoms with Gasteiger partial charge in [0, 0.05) is 12.7 Å². The third-order valence-corrected chi connectivity index (χ3v) is 3.47. The first-order chi connectivity index (χ1) is 11.8. The van der Waals surface area contributed by atoms with Crippen molar-refractivity contribution in [2.24, 2.45) is 0 Å². The predicted molar refractivity (Wildman–Crippen MR) is 84.0 cm³/mol. The van der Waals surface area contributed by atoms with E-state index in [1.165, 1.54) is 21.2 Å². The fourth-order valence-electron chi connectivity index (χ4n) is 2.45. The third-order valence-electron chi connectivity index (χ3n) is 3.47. The topological polar surface area (TPSA) is 51.8 Å². The van der Waals surface area contributed by atoms with Crippen LogP contribution in [-0.4, -0.2) is 32.5 Å². The SMILES string of the molecule is CN(Cc1ccc(OC(F)(F)F)cc1)Cn1nc2ccccn2c1=O. The molecule has 2 heterocycles. The van der Waals surface area contributed by atoms with E-state index in [2.05, 4.69) is 9.84 Å². The second-order valence-corrected chi connectivity index (χ2v) is 5.56. The zero-order valence-corrected chi connectivity index (χ0v) is 13.3. The summed E-state index contributed by atoms with van der Waals surface area (Å²) in [5.74, 6) is -0.268. The van der Waals surface area contributed by atoms with E-state index in [1.54, 1.807) is 43.6 Å². The molecule has 3 aromatic rings. The monoisotopic (exact) mass is 352 g/mol. The molecule has 0 aliphatic carbocycles. The number of nitrogens with zero attached hydrogens (tertiary/aromatic N) is 4. The molecular formula is C16H15F3N4O2. The molecule has 3 rings (SSSR count). The molecule has 0 bridgehead atoms. The van der Waals surface area contributed by atoms with Gasteiger partial charge >= 0.3 is 12.1 Å². The lowest BCUT2D eigenvalue weighted by molar-refractivity contribution is -0.274. The van der Waals surface area contributed by atoms with Gasteiger partial charge in [-0.15, -0.1) is 18.3 Å². The van der Waals surface area contributed by atoms with Crippen LogP contribution in [0, 0.1) is 0 Å². The number of pyridine rings is 1. The summed E-state index contributed by atoms with van der Waals surface area (Å²) < 4.78 is 43.1. The highest BCUT2D eigenvalue weighted by atomic mass is 19.4. The second-order valence-electron chi connectivity index (χ2n) is 5.56. The quantitative estimate of drug-likeness (QED) is 0.708. The first-order valence-electron chi connectivity index (χ1n) is 7.39. The molecule has 9 heteroatoms. The van der Waals surface area contributed by atoms with Gasteiger partial charge in [0.25, 0.3) is 0 Å². The maximum Gasteiger partial charge on any atom is 0.573 e. The van der Waals surface area contributed by atoms with Crippen molar-refractivity contribution in [3.05, 3.63) is 64.7 Å². The highest BCUT2D eigenvalue weighted by Gasteiger charge is 2.30. The Bertz CT molecular complexity index is 916. The molecule has 0 radical (unpaired) electrons. The number of rotatable bonds is 5. The van der Waals surface area contributed by atoms with Crippen LogP contribution in [0.15, 0.2) is 53.5 Å². The van der Waals surface area contributed by atoms with Gasteiger partial charge in [0.2, 0.25) is 0 Å². The van der Waals surface area contributed by atoms with E-state index in [0.717, 1.165) is 5.56 Å². The molecule has 0 N–H and O–H groups in total. The summed E-state index contributed by atoms with van der Waals surface area (Å²) in [5.41, 5.74) is 1.08. The lowest BCUT2D eigenvalue weighted by Crippen LogP contribution is -2.30. The summed E-state index contributed by atoms with van der Waals surface area (Å²) in [7, 11) is 1.79. The van der Waals surface area contributed by atoms with Crippen LogP contribution in [0.25, 0.3) is 5.65 Å².